The molecule has 6 heteroatoms. The number of aliphatic carboxylic acids is 1. The smallest absolute Gasteiger partial charge is 0.305 e. The maximum Gasteiger partial charge on any atom is 0.305 e. The summed E-state index contributed by atoms with van der Waals surface area (Å²) in [5.74, 6) is -0.0771. The van der Waals surface area contributed by atoms with Crippen LogP contribution in [-0.4, -0.2) is 34.7 Å². The highest BCUT2D eigenvalue weighted by Crippen LogP contribution is 2.37. The highest BCUT2D eigenvalue weighted by atomic mass is 16.6. The predicted octanol–water partition coefficient (Wildman–Crippen LogP) is 1.73. The Balaban J connectivity index is 1.71. The van der Waals surface area contributed by atoms with Gasteiger partial charge in [0.2, 0.25) is 6.10 Å². The Morgan fingerprint density at radius 2 is 1.91 bits per heavy atom. The van der Waals surface area contributed by atoms with E-state index in [9.17, 15) is 9.59 Å². The zero-order chi connectivity index (χ0) is 15.7. The van der Waals surface area contributed by atoms with Gasteiger partial charge in [0.25, 0.3) is 5.91 Å². The number of ether oxygens (including phenoxy) is 2. The molecule has 1 fully saturated rings. The number of amides is 1. The minimum Gasteiger partial charge on any atom is -0.482 e. The summed E-state index contributed by atoms with van der Waals surface area (Å²) in [5, 5.41) is 11.9. The number of carboxylic acids is 1. The summed E-state index contributed by atoms with van der Waals surface area (Å²) in [6.07, 6.45) is 1.02. The van der Waals surface area contributed by atoms with Gasteiger partial charge in [-0.1, -0.05) is 12.1 Å². The van der Waals surface area contributed by atoms with Gasteiger partial charge in [-0.25, -0.2) is 0 Å². The lowest BCUT2D eigenvalue weighted by Gasteiger charge is -2.43. The second-order valence-corrected chi connectivity index (χ2v) is 6.00. The Kier molecular flexibility index (Phi) is 3.68. The zero-order valence-corrected chi connectivity index (χ0v) is 12.4. The van der Waals surface area contributed by atoms with E-state index in [0.29, 0.717) is 24.3 Å². The number of carboxylic acid groups (broad SMARTS) is 1. The molecule has 1 aromatic carbocycles. The summed E-state index contributed by atoms with van der Waals surface area (Å²) in [6, 6.07) is 7.19. The summed E-state index contributed by atoms with van der Waals surface area (Å²) in [4.78, 5) is 23.5. The van der Waals surface area contributed by atoms with E-state index in [2.05, 4.69) is 5.32 Å². The van der Waals surface area contributed by atoms with Crippen LogP contribution in [0.3, 0.4) is 0 Å². The van der Waals surface area contributed by atoms with E-state index in [1.165, 1.54) is 0 Å². The van der Waals surface area contributed by atoms with Crippen LogP contribution in [0.4, 0.5) is 0 Å². The summed E-state index contributed by atoms with van der Waals surface area (Å²) >= 11 is 0. The molecule has 118 valence electrons. The summed E-state index contributed by atoms with van der Waals surface area (Å²) in [6.45, 7) is 1.77. The van der Waals surface area contributed by atoms with Crippen molar-refractivity contribution in [3.63, 3.8) is 0 Å². The van der Waals surface area contributed by atoms with Crippen LogP contribution in [0.15, 0.2) is 24.3 Å². The molecule has 0 aromatic heterocycles. The third kappa shape index (κ3) is 2.73. The van der Waals surface area contributed by atoms with Crippen molar-refractivity contribution in [2.24, 2.45) is 0 Å². The summed E-state index contributed by atoms with van der Waals surface area (Å²) in [5.41, 5.74) is -0.636. The van der Waals surface area contributed by atoms with Gasteiger partial charge in [-0.3, -0.25) is 9.59 Å². The maximum absolute atomic E-state index is 12.5. The second kappa shape index (κ2) is 5.51. The molecule has 22 heavy (non-hydrogen) atoms. The molecule has 1 aromatic rings. The topological polar surface area (TPSA) is 84.9 Å². The molecule has 0 radical (unpaired) electrons. The van der Waals surface area contributed by atoms with Crippen LogP contribution >= 0.6 is 0 Å². The fraction of sp³-hybridized carbons (Fsp3) is 0.500. The molecule has 3 rings (SSSR count). The number of hydrogen-bond acceptors (Lipinski definition) is 4. The van der Waals surface area contributed by atoms with Crippen LogP contribution in [0.25, 0.3) is 0 Å². The lowest BCUT2D eigenvalue weighted by atomic mass is 9.74. The van der Waals surface area contributed by atoms with Crippen LogP contribution < -0.4 is 14.8 Å². The molecule has 0 bridgehead atoms. The number of carbonyl (C=O) groups is 2. The lowest BCUT2D eigenvalue weighted by molar-refractivity contribution is -0.142. The molecule has 1 amide bonds. The number of rotatable bonds is 4. The van der Waals surface area contributed by atoms with Gasteiger partial charge in [-0.05, 0) is 38.3 Å². The van der Waals surface area contributed by atoms with Gasteiger partial charge in [0, 0.05) is 0 Å². The van der Waals surface area contributed by atoms with Gasteiger partial charge >= 0.3 is 5.97 Å². The van der Waals surface area contributed by atoms with Gasteiger partial charge in [-0.15, -0.1) is 0 Å². The second-order valence-electron chi connectivity index (χ2n) is 6.00. The Morgan fingerprint density at radius 1 is 1.27 bits per heavy atom. The van der Waals surface area contributed by atoms with Crippen molar-refractivity contribution >= 4 is 11.9 Å². The molecule has 2 N–H and O–H groups in total. The first-order chi connectivity index (χ1) is 10.5. The van der Waals surface area contributed by atoms with Gasteiger partial charge in [-0.2, -0.15) is 0 Å². The number of hydrogen-bond donors (Lipinski definition) is 2. The number of fused-ring (bicyclic) bond motifs is 1. The minimum absolute atomic E-state index is 0.0582. The van der Waals surface area contributed by atoms with Crippen LogP contribution in [-0.2, 0) is 9.59 Å². The van der Waals surface area contributed by atoms with E-state index >= 15 is 0 Å². The fourth-order valence-electron chi connectivity index (χ4n) is 2.98. The van der Waals surface area contributed by atoms with E-state index in [1.807, 2.05) is 12.1 Å². The molecule has 0 spiro atoms. The van der Waals surface area contributed by atoms with E-state index in [-0.39, 0.29) is 12.3 Å². The monoisotopic (exact) mass is 305 g/mol. The average molecular weight is 305 g/mol. The van der Waals surface area contributed by atoms with Crippen molar-refractivity contribution in [1.82, 2.24) is 5.32 Å². The molecule has 2 unspecified atom stereocenters. The zero-order valence-electron chi connectivity index (χ0n) is 12.4. The quantitative estimate of drug-likeness (QED) is 0.885. The van der Waals surface area contributed by atoms with Crippen LogP contribution in [0.1, 0.15) is 32.6 Å². The fourth-order valence-corrected chi connectivity index (χ4v) is 2.98. The molecule has 2 atom stereocenters. The van der Waals surface area contributed by atoms with Crippen molar-refractivity contribution < 1.29 is 24.2 Å². The minimum atomic E-state index is -0.904. The highest BCUT2D eigenvalue weighted by Gasteiger charge is 2.44. The Morgan fingerprint density at radius 3 is 2.45 bits per heavy atom. The standard InChI is InChI=1S/C16H19NO5/c1-10-14(22-12-6-3-2-5-11(12)21-10)15(20)17-16(7-4-8-16)9-13(18)19/h2-3,5-6,10,14H,4,7-9H2,1H3,(H,17,20)(H,18,19). The Bertz CT molecular complexity index is 596. The molecule has 6 nitrogen and oxygen atoms in total. The number of para-hydroxylation sites is 2. The third-order valence-electron chi connectivity index (χ3n) is 4.29. The highest BCUT2D eigenvalue weighted by molar-refractivity contribution is 5.84. The molecule has 1 heterocycles. The van der Waals surface area contributed by atoms with Crippen LogP contribution in [0, 0.1) is 0 Å². The number of nitrogens with one attached hydrogen (secondary N) is 1. The van der Waals surface area contributed by atoms with Gasteiger partial charge in [0.05, 0.1) is 12.0 Å². The first-order valence-corrected chi connectivity index (χ1v) is 7.45. The van der Waals surface area contributed by atoms with Gasteiger partial charge < -0.3 is 19.9 Å². The van der Waals surface area contributed by atoms with E-state index in [0.717, 1.165) is 6.42 Å². The summed E-state index contributed by atoms with van der Waals surface area (Å²) < 4.78 is 11.5. The molecule has 1 aliphatic heterocycles. The van der Waals surface area contributed by atoms with Gasteiger partial charge in [0.15, 0.2) is 11.5 Å². The van der Waals surface area contributed by atoms with Crippen molar-refractivity contribution in [2.75, 3.05) is 0 Å². The predicted molar refractivity (Wildman–Crippen MR) is 77.9 cm³/mol. The lowest BCUT2D eigenvalue weighted by Crippen LogP contribution is -2.60. The van der Waals surface area contributed by atoms with E-state index in [4.69, 9.17) is 14.6 Å². The molecule has 0 saturated heterocycles. The van der Waals surface area contributed by atoms with E-state index in [1.54, 1.807) is 19.1 Å². The first-order valence-electron chi connectivity index (χ1n) is 7.45. The SMILES string of the molecule is CC1Oc2ccccc2OC1C(=O)NC1(CC(=O)O)CCC1. The maximum atomic E-state index is 12.5. The van der Waals surface area contributed by atoms with Crippen LogP contribution in [0.5, 0.6) is 11.5 Å². The largest absolute Gasteiger partial charge is 0.482 e. The average Bonchev–Trinajstić information content (AvgIpc) is 2.43. The third-order valence-corrected chi connectivity index (χ3v) is 4.29. The van der Waals surface area contributed by atoms with Crippen molar-refractivity contribution in [3.05, 3.63) is 24.3 Å². The number of benzene rings is 1. The van der Waals surface area contributed by atoms with Crippen molar-refractivity contribution in [3.8, 4) is 11.5 Å². The molecule has 1 aliphatic carbocycles. The van der Waals surface area contributed by atoms with Crippen molar-refractivity contribution in [1.29, 1.82) is 0 Å². The van der Waals surface area contributed by atoms with Crippen molar-refractivity contribution in [2.45, 2.75) is 50.4 Å². The van der Waals surface area contributed by atoms with Gasteiger partial charge in [0.1, 0.15) is 6.10 Å². The number of carbonyl (C=O) groups excluding carboxylic acids is 1. The Hall–Kier alpha value is -2.24. The molecule has 2 aliphatic rings. The normalized spacial score (nSPS) is 25.0. The molecule has 1 saturated carbocycles. The van der Waals surface area contributed by atoms with E-state index < -0.39 is 23.7 Å². The molecular formula is C16H19NO5. The first kappa shape index (κ1) is 14.7. The Labute approximate surface area is 128 Å². The van der Waals surface area contributed by atoms with Crippen LogP contribution in [0.2, 0.25) is 0 Å². The summed E-state index contributed by atoms with van der Waals surface area (Å²) in [7, 11) is 0. The molecular weight excluding hydrogens is 286 g/mol.